The number of rotatable bonds is 8. The molecule has 0 radical (unpaired) electrons. The highest BCUT2D eigenvalue weighted by molar-refractivity contribution is 7.09. The molecule has 3 heteroatoms. The Labute approximate surface area is 115 Å². The highest BCUT2D eigenvalue weighted by Gasteiger charge is 2.20. The summed E-state index contributed by atoms with van der Waals surface area (Å²) in [5.74, 6) is 0. The molecule has 2 atom stereocenters. The van der Waals surface area contributed by atoms with Crippen LogP contribution < -0.4 is 5.32 Å². The van der Waals surface area contributed by atoms with Gasteiger partial charge in [0.05, 0.1) is 6.10 Å². The van der Waals surface area contributed by atoms with Crippen molar-refractivity contribution in [1.82, 2.24) is 5.32 Å². The molecular formula is C15H25NOS. The Morgan fingerprint density at radius 2 is 2.50 bits per heavy atom. The highest BCUT2D eigenvalue weighted by atomic mass is 32.1. The molecule has 1 aromatic heterocycles. The summed E-state index contributed by atoms with van der Waals surface area (Å²) in [4.78, 5) is 1.51. The molecule has 2 heterocycles. The minimum Gasteiger partial charge on any atom is -0.378 e. The van der Waals surface area contributed by atoms with Gasteiger partial charge in [0.15, 0.2) is 0 Å². The summed E-state index contributed by atoms with van der Waals surface area (Å²) >= 11 is 1.87. The van der Waals surface area contributed by atoms with Gasteiger partial charge in [0.25, 0.3) is 0 Å². The summed E-state index contributed by atoms with van der Waals surface area (Å²) in [6, 6.07) is 5.01. The molecule has 1 aliphatic heterocycles. The van der Waals surface area contributed by atoms with Gasteiger partial charge in [0, 0.05) is 17.5 Å². The van der Waals surface area contributed by atoms with Gasteiger partial charge in [-0.3, -0.25) is 0 Å². The van der Waals surface area contributed by atoms with Crippen LogP contribution in [0.5, 0.6) is 0 Å². The predicted molar refractivity (Wildman–Crippen MR) is 78.3 cm³/mol. The van der Waals surface area contributed by atoms with E-state index in [1.807, 2.05) is 11.3 Å². The van der Waals surface area contributed by atoms with Crippen molar-refractivity contribution in [2.24, 2.45) is 0 Å². The third-order valence-electron chi connectivity index (χ3n) is 3.57. The van der Waals surface area contributed by atoms with E-state index >= 15 is 0 Å². The summed E-state index contributed by atoms with van der Waals surface area (Å²) in [6.07, 6.45) is 7.83. The maximum Gasteiger partial charge on any atom is 0.0590 e. The first-order chi connectivity index (χ1) is 8.88. The van der Waals surface area contributed by atoms with Gasteiger partial charge >= 0.3 is 0 Å². The van der Waals surface area contributed by atoms with E-state index in [1.165, 1.54) is 43.4 Å². The van der Waals surface area contributed by atoms with Crippen LogP contribution in [0.2, 0.25) is 0 Å². The summed E-state index contributed by atoms with van der Waals surface area (Å²) in [5.41, 5.74) is 0. The second-order valence-electron chi connectivity index (χ2n) is 5.14. The van der Waals surface area contributed by atoms with Crippen LogP contribution in [0.4, 0.5) is 0 Å². The molecule has 2 rings (SSSR count). The maximum absolute atomic E-state index is 5.76. The van der Waals surface area contributed by atoms with Gasteiger partial charge in [-0.15, -0.1) is 11.3 Å². The second-order valence-corrected chi connectivity index (χ2v) is 6.17. The van der Waals surface area contributed by atoms with Crippen molar-refractivity contribution in [3.8, 4) is 0 Å². The Morgan fingerprint density at radius 1 is 1.56 bits per heavy atom. The molecule has 0 bridgehead atoms. The fourth-order valence-electron chi connectivity index (χ4n) is 2.57. The number of hydrogen-bond acceptors (Lipinski definition) is 3. The van der Waals surface area contributed by atoms with Crippen LogP contribution in [0.25, 0.3) is 0 Å². The molecule has 102 valence electrons. The Bertz CT molecular complexity index is 306. The zero-order valence-corrected chi connectivity index (χ0v) is 12.2. The molecule has 2 nitrogen and oxygen atoms in total. The van der Waals surface area contributed by atoms with Crippen LogP contribution in [-0.2, 0) is 11.2 Å². The van der Waals surface area contributed by atoms with Crippen molar-refractivity contribution in [3.63, 3.8) is 0 Å². The Kier molecular flexibility index (Phi) is 6.18. The van der Waals surface area contributed by atoms with E-state index < -0.39 is 0 Å². The van der Waals surface area contributed by atoms with Crippen LogP contribution in [0, 0.1) is 0 Å². The third-order valence-corrected chi connectivity index (χ3v) is 4.51. The van der Waals surface area contributed by atoms with E-state index in [9.17, 15) is 0 Å². The predicted octanol–water partition coefficient (Wildman–Crippen LogP) is 3.62. The molecule has 1 aromatic rings. The van der Waals surface area contributed by atoms with Gasteiger partial charge in [-0.05, 0) is 56.5 Å². The molecule has 0 spiro atoms. The standard InChI is InChI=1S/C15H25NOS/c1-2-9-16-13(12-14-5-3-10-17-14)7-8-15-6-4-11-18-15/h4,6,11,13-14,16H,2-3,5,7-10,12H2,1H3. The first-order valence-corrected chi connectivity index (χ1v) is 8.14. The minimum atomic E-state index is 0.502. The average molecular weight is 267 g/mol. The lowest BCUT2D eigenvalue weighted by Crippen LogP contribution is -2.33. The van der Waals surface area contributed by atoms with Gasteiger partial charge in [0.2, 0.25) is 0 Å². The van der Waals surface area contributed by atoms with Crippen molar-refractivity contribution in [3.05, 3.63) is 22.4 Å². The lowest BCUT2D eigenvalue weighted by Gasteiger charge is -2.21. The molecule has 1 fully saturated rings. The number of hydrogen-bond donors (Lipinski definition) is 1. The van der Waals surface area contributed by atoms with Gasteiger partial charge in [0.1, 0.15) is 0 Å². The van der Waals surface area contributed by atoms with Gasteiger partial charge in [-0.25, -0.2) is 0 Å². The van der Waals surface area contributed by atoms with Crippen LogP contribution >= 0.6 is 11.3 Å². The zero-order valence-electron chi connectivity index (χ0n) is 11.4. The third kappa shape index (κ3) is 4.71. The largest absolute Gasteiger partial charge is 0.378 e. The molecule has 0 aromatic carbocycles. The monoisotopic (exact) mass is 267 g/mol. The molecule has 1 saturated heterocycles. The minimum absolute atomic E-state index is 0.502. The fraction of sp³-hybridized carbons (Fsp3) is 0.733. The lowest BCUT2D eigenvalue weighted by molar-refractivity contribution is 0.0936. The SMILES string of the molecule is CCCNC(CCc1cccs1)CC1CCCO1. The fourth-order valence-corrected chi connectivity index (χ4v) is 3.30. The highest BCUT2D eigenvalue weighted by Crippen LogP contribution is 2.20. The first-order valence-electron chi connectivity index (χ1n) is 7.26. The summed E-state index contributed by atoms with van der Waals surface area (Å²) in [6.45, 7) is 4.33. The number of thiophene rings is 1. The lowest BCUT2D eigenvalue weighted by atomic mass is 10.0. The van der Waals surface area contributed by atoms with Crippen molar-refractivity contribution in [1.29, 1.82) is 0 Å². The average Bonchev–Trinajstić information content (AvgIpc) is 3.05. The topological polar surface area (TPSA) is 21.3 Å². The molecule has 18 heavy (non-hydrogen) atoms. The van der Waals surface area contributed by atoms with Gasteiger partial charge < -0.3 is 10.1 Å². The van der Waals surface area contributed by atoms with E-state index in [1.54, 1.807) is 0 Å². The maximum atomic E-state index is 5.76. The number of nitrogens with one attached hydrogen (secondary N) is 1. The Hall–Kier alpha value is -0.380. The quantitative estimate of drug-likeness (QED) is 0.777. The summed E-state index contributed by atoms with van der Waals surface area (Å²) in [5, 5.41) is 5.85. The van der Waals surface area contributed by atoms with Crippen molar-refractivity contribution in [2.45, 2.75) is 57.6 Å². The molecule has 0 aliphatic carbocycles. The number of ether oxygens (including phenoxy) is 1. The molecule has 0 amide bonds. The molecular weight excluding hydrogens is 242 g/mol. The smallest absolute Gasteiger partial charge is 0.0590 e. The van der Waals surface area contributed by atoms with Crippen LogP contribution in [-0.4, -0.2) is 25.3 Å². The molecule has 0 saturated carbocycles. The summed E-state index contributed by atoms with van der Waals surface area (Å²) < 4.78 is 5.76. The van der Waals surface area contributed by atoms with Crippen LogP contribution in [0.15, 0.2) is 17.5 Å². The van der Waals surface area contributed by atoms with Crippen molar-refractivity contribution >= 4 is 11.3 Å². The van der Waals surface area contributed by atoms with Crippen molar-refractivity contribution < 1.29 is 4.74 Å². The molecule has 2 unspecified atom stereocenters. The van der Waals surface area contributed by atoms with E-state index in [0.717, 1.165) is 13.2 Å². The Morgan fingerprint density at radius 3 is 3.17 bits per heavy atom. The molecule has 1 aliphatic rings. The van der Waals surface area contributed by atoms with E-state index in [4.69, 9.17) is 4.74 Å². The summed E-state index contributed by atoms with van der Waals surface area (Å²) in [7, 11) is 0. The van der Waals surface area contributed by atoms with E-state index in [-0.39, 0.29) is 0 Å². The molecule has 1 N–H and O–H groups in total. The van der Waals surface area contributed by atoms with Gasteiger partial charge in [-0.1, -0.05) is 13.0 Å². The van der Waals surface area contributed by atoms with E-state index in [0.29, 0.717) is 12.1 Å². The van der Waals surface area contributed by atoms with E-state index in [2.05, 4.69) is 29.8 Å². The van der Waals surface area contributed by atoms with Gasteiger partial charge in [-0.2, -0.15) is 0 Å². The normalized spacial score (nSPS) is 21.3. The first kappa shape index (κ1) is 14.0. The zero-order chi connectivity index (χ0) is 12.6. The van der Waals surface area contributed by atoms with Crippen LogP contribution in [0.1, 0.15) is 43.9 Å². The Balaban J connectivity index is 1.75. The van der Waals surface area contributed by atoms with Crippen molar-refractivity contribution in [2.75, 3.05) is 13.2 Å². The number of aryl methyl sites for hydroxylation is 1. The van der Waals surface area contributed by atoms with Crippen LogP contribution in [0.3, 0.4) is 0 Å². The second kappa shape index (κ2) is 7.93.